The first-order valence-corrected chi connectivity index (χ1v) is 9.80. The summed E-state index contributed by atoms with van der Waals surface area (Å²) in [6.45, 7) is 15.6. The highest BCUT2D eigenvalue weighted by Gasteiger charge is 1.90. The van der Waals surface area contributed by atoms with Gasteiger partial charge < -0.3 is 5.73 Å². The lowest BCUT2D eigenvalue weighted by Crippen LogP contribution is -1.83. The molecule has 0 aliphatic heterocycles. The molecule has 0 spiro atoms. The smallest absolute Gasteiger partial charge is 0.215 e. The zero-order valence-corrected chi connectivity index (χ0v) is 18.9. The molecule has 3 heterocycles. The first-order valence-electron chi connectivity index (χ1n) is 9.80. The molecule has 3 rings (SSSR count). The van der Waals surface area contributed by atoms with Gasteiger partial charge in [-0.2, -0.15) is 8.78 Å². The van der Waals surface area contributed by atoms with Crippen molar-refractivity contribution in [1.29, 1.82) is 0 Å². The van der Waals surface area contributed by atoms with Crippen LogP contribution in [-0.4, -0.2) is 15.0 Å². The van der Waals surface area contributed by atoms with Gasteiger partial charge in [-0.3, -0.25) is 4.98 Å². The SMILES string of the molecule is CC.CC.CC.Cc1ccc(F)nc1.Cc1cccnc1F.Nc1cccnc1. The van der Waals surface area contributed by atoms with E-state index in [4.69, 9.17) is 5.73 Å². The zero-order chi connectivity index (χ0) is 23.1. The van der Waals surface area contributed by atoms with Crippen LogP contribution in [0.2, 0.25) is 0 Å². The van der Waals surface area contributed by atoms with Crippen LogP contribution in [0, 0.1) is 25.7 Å². The fourth-order valence-electron chi connectivity index (χ4n) is 1.29. The molecule has 6 heteroatoms. The molecule has 0 saturated carbocycles. The van der Waals surface area contributed by atoms with E-state index in [1.165, 1.54) is 18.5 Å². The Hall–Kier alpha value is -2.89. The summed E-state index contributed by atoms with van der Waals surface area (Å²) >= 11 is 0. The average molecular weight is 407 g/mol. The molecule has 0 fully saturated rings. The fourth-order valence-corrected chi connectivity index (χ4v) is 1.29. The van der Waals surface area contributed by atoms with Crippen LogP contribution in [-0.2, 0) is 0 Å². The summed E-state index contributed by atoms with van der Waals surface area (Å²) in [5.41, 5.74) is 7.57. The van der Waals surface area contributed by atoms with Crippen LogP contribution in [0.4, 0.5) is 14.5 Å². The van der Waals surface area contributed by atoms with Crippen molar-refractivity contribution in [3.63, 3.8) is 0 Å². The van der Waals surface area contributed by atoms with E-state index in [2.05, 4.69) is 15.0 Å². The van der Waals surface area contributed by atoms with Gasteiger partial charge >= 0.3 is 0 Å². The molecule has 0 amide bonds. The number of aryl methyl sites for hydroxylation is 2. The normalized spacial score (nSPS) is 7.79. The van der Waals surface area contributed by atoms with Gasteiger partial charge in [0.2, 0.25) is 11.9 Å². The van der Waals surface area contributed by atoms with Crippen molar-refractivity contribution >= 4 is 5.69 Å². The van der Waals surface area contributed by atoms with Gasteiger partial charge in [-0.1, -0.05) is 53.7 Å². The largest absolute Gasteiger partial charge is 0.397 e. The number of aromatic nitrogens is 3. The van der Waals surface area contributed by atoms with Crippen LogP contribution in [0.25, 0.3) is 0 Å². The van der Waals surface area contributed by atoms with Crippen LogP contribution in [0.15, 0.2) is 61.2 Å². The number of nitrogens with zero attached hydrogens (tertiary/aromatic N) is 3. The Labute approximate surface area is 175 Å². The minimum atomic E-state index is -0.421. The maximum absolute atomic E-state index is 12.2. The second kappa shape index (κ2) is 23.1. The van der Waals surface area contributed by atoms with E-state index in [1.807, 2.05) is 48.5 Å². The summed E-state index contributed by atoms with van der Waals surface area (Å²) < 4.78 is 24.2. The van der Waals surface area contributed by atoms with Crippen LogP contribution >= 0.6 is 0 Å². The van der Waals surface area contributed by atoms with E-state index in [0.717, 1.165) is 5.56 Å². The number of nitrogen functional groups attached to an aromatic ring is 1. The number of hydrogen-bond acceptors (Lipinski definition) is 4. The minimum Gasteiger partial charge on any atom is -0.397 e. The summed E-state index contributed by atoms with van der Waals surface area (Å²) in [6.07, 6.45) is 6.23. The Morgan fingerprint density at radius 3 is 1.59 bits per heavy atom. The molecule has 0 unspecified atom stereocenters. The lowest BCUT2D eigenvalue weighted by molar-refractivity contribution is 0.574. The van der Waals surface area contributed by atoms with Crippen LogP contribution in [0.5, 0.6) is 0 Å². The summed E-state index contributed by atoms with van der Waals surface area (Å²) in [6, 6.07) is 10.0. The van der Waals surface area contributed by atoms with E-state index in [1.54, 1.807) is 49.6 Å². The molecule has 0 aliphatic carbocycles. The number of anilines is 1. The molecule has 162 valence electrons. The van der Waals surface area contributed by atoms with Gasteiger partial charge in [-0.05, 0) is 43.7 Å². The third-order valence-electron chi connectivity index (χ3n) is 2.51. The van der Waals surface area contributed by atoms with Crippen molar-refractivity contribution in [2.24, 2.45) is 0 Å². The van der Waals surface area contributed by atoms with Gasteiger partial charge in [0, 0.05) is 30.4 Å². The number of nitrogens with two attached hydrogens (primary N) is 1. The maximum Gasteiger partial charge on any atom is 0.215 e. The highest BCUT2D eigenvalue weighted by Crippen LogP contribution is 1.98. The molecule has 0 atom stereocenters. The van der Waals surface area contributed by atoms with Gasteiger partial charge in [-0.15, -0.1) is 0 Å². The fraction of sp³-hybridized carbons (Fsp3) is 0.348. The average Bonchev–Trinajstić information content (AvgIpc) is 2.78. The van der Waals surface area contributed by atoms with Crippen molar-refractivity contribution in [3.05, 3.63) is 84.2 Å². The van der Waals surface area contributed by atoms with Crippen LogP contribution < -0.4 is 5.73 Å². The molecule has 3 aromatic rings. The minimum absolute atomic E-state index is 0.382. The van der Waals surface area contributed by atoms with E-state index in [9.17, 15) is 8.78 Å². The first kappa shape index (κ1) is 30.8. The van der Waals surface area contributed by atoms with Crippen molar-refractivity contribution in [3.8, 4) is 0 Å². The molecule has 29 heavy (non-hydrogen) atoms. The highest BCUT2D eigenvalue weighted by molar-refractivity contribution is 5.32. The molecule has 4 nitrogen and oxygen atoms in total. The second-order valence-electron chi connectivity index (χ2n) is 4.56. The van der Waals surface area contributed by atoms with Crippen LogP contribution in [0.3, 0.4) is 0 Å². The molecule has 2 N–H and O–H groups in total. The maximum atomic E-state index is 12.2. The van der Waals surface area contributed by atoms with Crippen molar-refractivity contribution in [1.82, 2.24) is 15.0 Å². The van der Waals surface area contributed by atoms with E-state index < -0.39 is 5.95 Å². The Balaban J connectivity index is -0.000000310. The predicted octanol–water partition coefficient (Wildman–Crippen LogP) is 6.80. The lowest BCUT2D eigenvalue weighted by atomic mass is 10.3. The molecule has 0 saturated heterocycles. The zero-order valence-electron chi connectivity index (χ0n) is 18.9. The van der Waals surface area contributed by atoms with E-state index in [0.29, 0.717) is 11.3 Å². The van der Waals surface area contributed by atoms with Gasteiger partial charge in [0.05, 0.1) is 5.69 Å². The van der Waals surface area contributed by atoms with Crippen molar-refractivity contribution < 1.29 is 8.78 Å². The number of halogens is 2. The lowest BCUT2D eigenvalue weighted by Gasteiger charge is -1.88. The van der Waals surface area contributed by atoms with Crippen molar-refractivity contribution in [2.75, 3.05) is 5.73 Å². The number of rotatable bonds is 0. The monoisotopic (exact) mass is 406 g/mol. The third kappa shape index (κ3) is 19.7. The third-order valence-corrected chi connectivity index (χ3v) is 2.51. The first-order chi connectivity index (χ1) is 14.0. The van der Waals surface area contributed by atoms with E-state index >= 15 is 0 Å². The molecular weight excluding hydrogens is 370 g/mol. The Kier molecular flexibility index (Phi) is 24.6. The van der Waals surface area contributed by atoms with Gasteiger partial charge in [0.25, 0.3) is 0 Å². The topological polar surface area (TPSA) is 64.7 Å². The molecule has 0 aromatic carbocycles. The summed E-state index contributed by atoms with van der Waals surface area (Å²) in [7, 11) is 0. The molecular formula is C23H36F2N4. The number of pyridine rings is 3. The van der Waals surface area contributed by atoms with Crippen molar-refractivity contribution in [2.45, 2.75) is 55.4 Å². The Morgan fingerprint density at radius 2 is 1.31 bits per heavy atom. The summed E-state index contributed by atoms with van der Waals surface area (Å²) in [5.74, 6) is -0.803. The van der Waals surface area contributed by atoms with Gasteiger partial charge in [-0.25, -0.2) is 9.97 Å². The Morgan fingerprint density at radius 1 is 0.724 bits per heavy atom. The standard InChI is InChI=1S/2C6H6FN.C5H6N2.3C2H6/c1-5-2-3-6(7)8-4-5;1-5-3-2-4-8-6(5)7;6-5-2-1-3-7-4-5;3*1-2/h2*2-4H,1H3;1-4H,6H2;3*1-2H3. The summed E-state index contributed by atoms with van der Waals surface area (Å²) in [5, 5.41) is 0. The molecule has 0 aliphatic rings. The van der Waals surface area contributed by atoms with Crippen LogP contribution in [0.1, 0.15) is 52.7 Å². The van der Waals surface area contributed by atoms with E-state index in [-0.39, 0.29) is 5.95 Å². The molecule has 3 aromatic heterocycles. The highest BCUT2D eigenvalue weighted by atomic mass is 19.1. The predicted molar refractivity (Wildman–Crippen MR) is 121 cm³/mol. The number of hydrogen-bond donors (Lipinski definition) is 1. The Bertz CT molecular complexity index is 649. The quantitative estimate of drug-likeness (QED) is 0.417. The molecule has 0 radical (unpaired) electrons. The second-order valence-corrected chi connectivity index (χ2v) is 4.56. The molecule has 0 bridgehead atoms. The van der Waals surface area contributed by atoms with Gasteiger partial charge in [0.1, 0.15) is 0 Å². The van der Waals surface area contributed by atoms with Gasteiger partial charge in [0.15, 0.2) is 0 Å². The summed E-state index contributed by atoms with van der Waals surface area (Å²) in [4.78, 5) is 10.6.